The zero-order chi connectivity index (χ0) is 14.5. The Balaban J connectivity index is 3.64. The number of sulfone groups is 1. The van der Waals surface area contributed by atoms with Gasteiger partial charge in [-0.05, 0) is 23.6 Å². The topological polar surface area (TPSA) is 46.2 Å². The molecule has 0 bridgehead atoms. The van der Waals surface area contributed by atoms with E-state index in [0.29, 0.717) is 11.4 Å². The highest BCUT2D eigenvalue weighted by molar-refractivity contribution is 7.99. The molecule has 5 heteroatoms. The molecule has 19 heavy (non-hydrogen) atoms. The van der Waals surface area contributed by atoms with Gasteiger partial charge in [0.2, 0.25) is 9.84 Å². The molecule has 0 amide bonds. The summed E-state index contributed by atoms with van der Waals surface area (Å²) in [5.41, 5.74) is 0.814. The Kier molecular flexibility index (Phi) is 5.20. The fraction of sp³-hybridized carbons (Fsp3) is 0. The molecule has 1 heterocycles. The molecule has 0 saturated carbocycles. The molecule has 0 radical (unpaired) electrons. The molecule has 1 N–H and O–H groups in total. The lowest BCUT2D eigenvalue weighted by Crippen LogP contribution is -2.29. The molecule has 0 atom stereocenters. The Bertz CT molecular complexity index is 632. The van der Waals surface area contributed by atoms with Crippen LogP contribution in [0.15, 0.2) is 82.8 Å². The number of hydrogen-bond donors (Lipinski definition) is 2. The Morgan fingerprint density at radius 3 is 1.79 bits per heavy atom. The third-order valence-electron chi connectivity index (χ3n) is 2.33. The molecule has 1 aliphatic rings. The SMILES string of the molecule is C=C/C=C1/NC(=C/S)/C(=C\C=C)S(=O)(=O)/C1=C/C=C. The fourth-order valence-corrected chi connectivity index (χ4v) is 3.47. The summed E-state index contributed by atoms with van der Waals surface area (Å²) < 4.78 is 25.1. The minimum absolute atomic E-state index is 0.117. The van der Waals surface area contributed by atoms with E-state index in [0.717, 1.165) is 0 Å². The van der Waals surface area contributed by atoms with Crippen molar-refractivity contribution in [3.05, 3.63) is 82.8 Å². The molecule has 0 spiro atoms. The second-order valence-corrected chi connectivity index (χ2v) is 5.67. The first-order chi connectivity index (χ1) is 9.02. The maximum absolute atomic E-state index is 12.5. The van der Waals surface area contributed by atoms with E-state index in [1.807, 2.05) is 0 Å². The average molecular weight is 293 g/mol. The summed E-state index contributed by atoms with van der Waals surface area (Å²) in [5.74, 6) is 0. The van der Waals surface area contributed by atoms with Crippen LogP contribution >= 0.6 is 12.6 Å². The summed E-state index contributed by atoms with van der Waals surface area (Å²) in [6.07, 6.45) is 8.78. The predicted octanol–water partition coefficient (Wildman–Crippen LogP) is 2.99. The minimum atomic E-state index is -3.64. The second kappa shape index (κ2) is 6.45. The first-order valence-corrected chi connectivity index (χ1v) is 7.38. The molecule has 0 aromatic rings. The third kappa shape index (κ3) is 3.00. The molecule has 1 fully saturated rings. The summed E-state index contributed by atoms with van der Waals surface area (Å²) in [5, 5.41) is 4.39. The quantitative estimate of drug-likeness (QED) is 0.786. The summed E-state index contributed by atoms with van der Waals surface area (Å²) in [7, 11) is -3.64. The second-order valence-electron chi connectivity index (χ2n) is 3.52. The van der Waals surface area contributed by atoms with Gasteiger partial charge in [0.1, 0.15) is 0 Å². The van der Waals surface area contributed by atoms with Gasteiger partial charge in [0.15, 0.2) is 0 Å². The van der Waals surface area contributed by atoms with E-state index in [-0.39, 0.29) is 9.81 Å². The van der Waals surface area contributed by atoms with Crippen molar-refractivity contribution < 1.29 is 8.42 Å². The van der Waals surface area contributed by atoms with E-state index < -0.39 is 9.84 Å². The van der Waals surface area contributed by atoms with Crippen LogP contribution in [0.4, 0.5) is 0 Å². The number of nitrogens with one attached hydrogen (secondary N) is 1. The highest BCUT2D eigenvalue weighted by atomic mass is 32.2. The van der Waals surface area contributed by atoms with E-state index in [1.165, 1.54) is 35.8 Å². The first-order valence-electron chi connectivity index (χ1n) is 5.38. The van der Waals surface area contributed by atoms with Gasteiger partial charge in [0.25, 0.3) is 0 Å². The van der Waals surface area contributed by atoms with Crippen molar-refractivity contribution in [3.8, 4) is 0 Å². The zero-order valence-electron chi connectivity index (χ0n) is 10.3. The summed E-state index contributed by atoms with van der Waals surface area (Å²) >= 11 is 4.03. The number of allylic oxidation sites excluding steroid dienone is 6. The summed E-state index contributed by atoms with van der Waals surface area (Å²) in [4.78, 5) is 0.251. The Hall–Kier alpha value is -1.72. The average Bonchev–Trinajstić information content (AvgIpc) is 2.37. The van der Waals surface area contributed by atoms with Crippen LogP contribution in [-0.2, 0) is 9.84 Å². The van der Waals surface area contributed by atoms with Crippen molar-refractivity contribution >= 4 is 22.5 Å². The van der Waals surface area contributed by atoms with Gasteiger partial charge in [-0.2, -0.15) is 0 Å². The lowest BCUT2D eigenvalue weighted by Gasteiger charge is -2.25. The van der Waals surface area contributed by atoms with Crippen LogP contribution in [0.5, 0.6) is 0 Å². The van der Waals surface area contributed by atoms with Gasteiger partial charge < -0.3 is 5.32 Å². The van der Waals surface area contributed by atoms with Crippen LogP contribution in [-0.4, -0.2) is 8.42 Å². The van der Waals surface area contributed by atoms with Crippen LogP contribution < -0.4 is 5.32 Å². The van der Waals surface area contributed by atoms with Crippen LogP contribution in [0.3, 0.4) is 0 Å². The van der Waals surface area contributed by atoms with Crippen LogP contribution in [0.2, 0.25) is 0 Å². The third-order valence-corrected chi connectivity index (χ3v) is 4.46. The van der Waals surface area contributed by atoms with Gasteiger partial charge in [-0.1, -0.05) is 38.0 Å². The smallest absolute Gasteiger partial charge is 0.210 e. The monoisotopic (exact) mass is 293 g/mol. The Labute approximate surface area is 119 Å². The molecule has 3 nitrogen and oxygen atoms in total. The van der Waals surface area contributed by atoms with Gasteiger partial charge in [-0.15, -0.1) is 12.6 Å². The van der Waals surface area contributed by atoms with E-state index in [4.69, 9.17) is 0 Å². The fourth-order valence-electron chi connectivity index (χ4n) is 1.59. The van der Waals surface area contributed by atoms with Crippen LogP contribution in [0.25, 0.3) is 0 Å². The largest absolute Gasteiger partial charge is 0.353 e. The number of thiol groups is 1. The maximum atomic E-state index is 12.5. The molecule has 0 unspecified atom stereocenters. The zero-order valence-corrected chi connectivity index (χ0v) is 12.0. The van der Waals surface area contributed by atoms with Crippen LogP contribution in [0, 0.1) is 0 Å². The van der Waals surface area contributed by atoms with Gasteiger partial charge in [0.05, 0.1) is 21.2 Å². The van der Waals surface area contributed by atoms with Gasteiger partial charge in [-0.3, -0.25) is 0 Å². The molecule has 1 saturated heterocycles. The predicted molar refractivity (Wildman–Crippen MR) is 84.0 cm³/mol. The lowest BCUT2D eigenvalue weighted by atomic mass is 10.3. The number of rotatable bonds is 3. The highest BCUT2D eigenvalue weighted by Crippen LogP contribution is 2.33. The van der Waals surface area contributed by atoms with E-state index in [2.05, 4.69) is 37.7 Å². The normalized spacial score (nSPS) is 26.4. The van der Waals surface area contributed by atoms with E-state index >= 15 is 0 Å². The minimum Gasteiger partial charge on any atom is -0.353 e. The van der Waals surface area contributed by atoms with Crippen molar-refractivity contribution in [2.75, 3.05) is 0 Å². The van der Waals surface area contributed by atoms with Gasteiger partial charge in [-0.25, -0.2) is 8.42 Å². The molecule has 0 aromatic carbocycles. The van der Waals surface area contributed by atoms with Crippen LogP contribution in [0.1, 0.15) is 0 Å². The molecule has 0 aromatic heterocycles. The molecular formula is C14H15NO2S2. The molecule has 0 aliphatic carbocycles. The standard InChI is InChI=1S/C14H15NO2S2/c1-4-7-11-13(8-5-2)19(16,17)14(9-6-3)12(10-18)15-11/h4-10,15,18H,1-3H2/b11-7+,12-10+,13-8+,14-9+. The summed E-state index contributed by atoms with van der Waals surface area (Å²) in [6, 6.07) is 0. The molecular weight excluding hydrogens is 278 g/mol. The Morgan fingerprint density at radius 1 is 0.895 bits per heavy atom. The van der Waals surface area contributed by atoms with Crippen molar-refractivity contribution in [1.29, 1.82) is 0 Å². The highest BCUT2D eigenvalue weighted by Gasteiger charge is 2.33. The molecule has 100 valence electrons. The van der Waals surface area contributed by atoms with Crippen molar-refractivity contribution in [2.45, 2.75) is 0 Å². The number of hydrogen-bond acceptors (Lipinski definition) is 4. The van der Waals surface area contributed by atoms with E-state index in [1.54, 1.807) is 6.08 Å². The summed E-state index contributed by atoms with van der Waals surface area (Å²) in [6.45, 7) is 10.6. The lowest BCUT2D eigenvalue weighted by molar-refractivity contribution is 0.605. The van der Waals surface area contributed by atoms with Gasteiger partial charge >= 0.3 is 0 Å². The molecule has 1 aliphatic heterocycles. The van der Waals surface area contributed by atoms with Crippen molar-refractivity contribution in [3.63, 3.8) is 0 Å². The van der Waals surface area contributed by atoms with E-state index in [9.17, 15) is 8.42 Å². The van der Waals surface area contributed by atoms with Crippen molar-refractivity contribution in [2.24, 2.45) is 0 Å². The first kappa shape index (κ1) is 15.3. The Morgan fingerprint density at radius 2 is 1.37 bits per heavy atom. The maximum Gasteiger partial charge on any atom is 0.210 e. The molecule has 1 rings (SSSR count). The van der Waals surface area contributed by atoms with Gasteiger partial charge in [0, 0.05) is 0 Å². The van der Waals surface area contributed by atoms with Crippen molar-refractivity contribution in [1.82, 2.24) is 5.32 Å².